The first-order valence-electron chi connectivity index (χ1n) is 7.77. The molecule has 22 heavy (non-hydrogen) atoms. The molecule has 2 N–H and O–H groups in total. The zero-order chi connectivity index (χ0) is 15.9. The van der Waals surface area contributed by atoms with Gasteiger partial charge in [-0.15, -0.1) is 0 Å². The predicted molar refractivity (Wildman–Crippen MR) is 84.3 cm³/mol. The van der Waals surface area contributed by atoms with Crippen molar-refractivity contribution >= 4 is 11.6 Å². The summed E-state index contributed by atoms with van der Waals surface area (Å²) in [5, 5.41) is 17.1. The van der Waals surface area contributed by atoms with Gasteiger partial charge in [0.05, 0.1) is 4.92 Å². The number of hydrogen-bond donors (Lipinski definition) is 2. The first-order valence-corrected chi connectivity index (χ1v) is 7.77. The summed E-state index contributed by atoms with van der Waals surface area (Å²) in [6.07, 6.45) is 2.78. The average Bonchev–Trinajstić information content (AvgIpc) is 2.54. The van der Waals surface area contributed by atoms with E-state index < -0.39 is 4.92 Å². The Morgan fingerprint density at radius 1 is 1.50 bits per heavy atom. The molecule has 2 atom stereocenters. The van der Waals surface area contributed by atoms with Crippen LogP contribution in [0.3, 0.4) is 0 Å². The number of carbonyl (C=O) groups excluding carboxylic acids is 1. The topological polar surface area (TPSA) is 84.3 Å². The van der Waals surface area contributed by atoms with Crippen molar-refractivity contribution in [3.05, 3.63) is 39.9 Å². The Morgan fingerprint density at radius 2 is 2.27 bits per heavy atom. The second kappa shape index (κ2) is 7.89. The first kappa shape index (κ1) is 16.4. The van der Waals surface area contributed by atoms with Gasteiger partial charge in [-0.1, -0.05) is 25.1 Å². The number of nitrogens with one attached hydrogen (secondary N) is 2. The van der Waals surface area contributed by atoms with Crippen molar-refractivity contribution in [3.8, 4) is 0 Å². The highest BCUT2D eigenvalue weighted by atomic mass is 16.6. The normalized spacial score (nSPS) is 19.4. The fraction of sp³-hybridized carbons (Fsp3) is 0.562. The number of rotatable bonds is 6. The van der Waals surface area contributed by atoms with Crippen molar-refractivity contribution in [2.45, 2.75) is 32.7 Å². The minimum Gasteiger partial charge on any atom is -0.352 e. The number of para-hydroxylation sites is 1. The van der Waals surface area contributed by atoms with E-state index in [-0.39, 0.29) is 18.1 Å². The van der Waals surface area contributed by atoms with Crippen LogP contribution in [0.15, 0.2) is 24.3 Å². The minimum absolute atomic E-state index is 0.0452. The van der Waals surface area contributed by atoms with Crippen molar-refractivity contribution in [1.82, 2.24) is 10.6 Å². The summed E-state index contributed by atoms with van der Waals surface area (Å²) in [5.74, 6) is 0.806. The molecule has 1 aromatic rings. The van der Waals surface area contributed by atoms with Gasteiger partial charge in [0.2, 0.25) is 5.91 Å². The molecule has 0 spiro atoms. The molecule has 2 rings (SSSR count). The molecule has 1 aliphatic heterocycles. The van der Waals surface area contributed by atoms with E-state index in [0.29, 0.717) is 23.8 Å². The quantitative estimate of drug-likeness (QED) is 0.623. The first-order chi connectivity index (χ1) is 10.6. The fourth-order valence-corrected chi connectivity index (χ4v) is 2.93. The average molecular weight is 305 g/mol. The van der Waals surface area contributed by atoms with Crippen LogP contribution in [0.5, 0.6) is 0 Å². The van der Waals surface area contributed by atoms with Crippen molar-refractivity contribution in [2.24, 2.45) is 11.8 Å². The van der Waals surface area contributed by atoms with Crippen LogP contribution >= 0.6 is 0 Å². The maximum Gasteiger partial charge on any atom is 0.274 e. The number of benzene rings is 1. The highest BCUT2D eigenvalue weighted by molar-refractivity contribution is 5.76. The number of nitro benzene ring substituents is 1. The van der Waals surface area contributed by atoms with E-state index in [1.165, 1.54) is 6.07 Å². The Labute approximate surface area is 130 Å². The summed E-state index contributed by atoms with van der Waals surface area (Å²) in [6.45, 7) is 4.33. The lowest BCUT2D eigenvalue weighted by Crippen LogP contribution is -2.35. The molecule has 1 aromatic carbocycles. The van der Waals surface area contributed by atoms with Gasteiger partial charge >= 0.3 is 0 Å². The van der Waals surface area contributed by atoms with Crippen LogP contribution in [0.4, 0.5) is 5.69 Å². The number of nitro groups is 1. The van der Waals surface area contributed by atoms with Crippen LogP contribution in [0, 0.1) is 22.0 Å². The molecule has 0 aliphatic carbocycles. The van der Waals surface area contributed by atoms with Gasteiger partial charge in [0.15, 0.2) is 0 Å². The molecule has 0 saturated carbocycles. The third kappa shape index (κ3) is 4.53. The third-order valence-electron chi connectivity index (χ3n) is 4.31. The molecule has 1 aliphatic rings. The second-order valence-corrected chi connectivity index (χ2v) is 5.95. The number of carbonyl (C=O) groups is 1. The van der Waals surface area contributed by atoms with Crippen molar-refractivity contribution in [3.63, 3.8) is 0 Å². The minimum atomic E-state index is -0.419. The van der Waals surface area contributed by atoms with E-state index in [2.05, 4.69) is 17.6 Å². The Hall–Kier alpha value is -1.95. The molecular formula is C16H23N3O3. The van der Waals surface area contributed by atoms with Gasteiger partial charge in [-0.05, 0) is 37.8 Å². The molecule has 120 valence electrons. The molecule has 0 bridgehead atoms. The monoisotopic (exact) mass is 305 g/mol. The van der Waals surface area contributed by atoms with Gasteiger partial charge in [0.25, 0.3) is 5.69 Å². The van der Waals surface area contributed by atoms with Crippen LogP contribution in [-0.4, -0.2) is 23.9 Å². The summed E-state index contributed by atoms with van der Waals surface area (Å²) in [7, 11) is 0. The molecule has 0 aromatic heterocycles. The Balaban J connectivity index is 1.84. The molecule has 1 amide bonds. The van der Waals surface area contributed by atoms with E-state index in [1.54, 1.807) is 18.2 Å². The van der Waals surface area contributed by atoms with Crippen LogP contribution in [-0.2, 0) is 11.3 Å². The summed E-state index contributed by atoms with van der Waals surface area (Å²) >= 11 is 0. The van der Waals surface area contributed by atoms with E-state index in [0.717, 1.165) is 25.9 Å². The van der Waals surface area contributed by atoms with Crippen molar-refractivity contribution in [2.75, 3.05) is 13.1 Å². The largest absolute Gasteiger partial charge is 0.352 e. The molecule has 6 heteroatoms. The van der Waals surface area contributed by atoms with E-state index in [1.807, 2.05) is 0 Å². The van der Waals surface area contributed by atoms with Gasteiger partial charge in [-0.3, -0.25) is 14.9 Å². The van der Waals surface area contributed by atoms with Gasteiger partial charge < -0.3 is 10.6 Å². The highest BCUT2D eigenvalue weighted by Crippen LogP contribution is 2.22. The molecule has 2 unspecified atom stereocenters. The number of amides is 1. The zero-order valence-electron chi connectivity index (χ0n) is 12.9. The lowest BCUT2D eigenvalue weighted by Gasteiger charge is -2.28. The lowest BCUT2D eigenvalue weighted by atomic mass is 9.85. The predicted octanol–water partition coefficient (Wildman–Crippen LogP) is 2.24. The molecule has 1 saturated heterocycles. The number of piperidine rings is 1. The highest BCUT2D eigenvalue weighted by Gasteiger charge is 2.22. The van der Waals surface area contributed by atoms with Crippen LogP contribution in [0.2, 0.25) is 0 Å². The molecular weight excluding hydrogens is 282 g/mol. The maximum atomic E-state index is 12.0. The van der Waals surface area contributed by atoms with Gasteiger partial charge in [-0.2, -0.15) is 0 Å². The third-order valence-corrected chi connectivity index (χ3v) is 4.31. The number of hydrogen-bond acceptors (Lipinski definition) is 4. The summed E-state index contributed by atoms with van der Waals surface area (Å²) in [5.41, 5.74) is 0.583. The van der Waals surface area contributed by atoms with E-state index >= 15 is 0 Å². The van der Waals surface area contributed by atoms with Crippen LogP contribution in [0.1, 0.15) is 31.7 Å². The summed E-state index contributed by atoms with van der Waals surface area (Å²) in [6, 6.07) is 6.50. The standard InChI is InChI=1S/C16H23N3O3/c1-12(13-6-4-8-17-10-13)9-16(20)18-11-14-5-2-3-7-15(14)19(21)22/h2-3,5,7,12-13,17H,4,6,8-11H2,1H3,(H,18,20). The summed E-state index contributed by atoms with van der Waals surface area (Å²) < 4.78 is 0. The Morgan fingerprint density at radius 3 is 2.95 bits per heavy atom. The Kier molecular flexibility index (Phi) is 5.89. The maximum absolute atomic E-state index is 12.0. The van der Waals surface area contributed by atoms with E-state index in [4.69, 9.17) is 0 Å². The lowest BCUT2D eigenvalue weighted by molar-refractivity contribution is -0.385. The van der Waals surface area contributed by atoms with E-state index in [9.17, 15) is 14.9 Å². The molecule has 6 nitrogen and oxygen atoms in total. The SMILES string of the molecule is CC(CC(=O)NCc1ccccc1[N+](=O)[O-])C1CCCNC1. The Bertz CT molecular complexity index is 527. The molecule has 1 fully saturated rings. The number of nitrogens with zero attached hydrogens (tertiary/aromatic N) is 1. The fourth-order valence-electron chi connectivity index (χ4n) is 2.93. The smallest absolute Gasteiger partial charge is 0.274 e. The zero-order valence-corrected chi connectivity index (χ0v) is 12.9. The van der Waals surface area contributed by atoms with Gasteiger partial charge in [-0.25, -0.2) is 0 Å². The van der Waals surface area contributed by atoms with Crippen molar-refractivity contribution < 1.29 is 9.72 Å². The van der Waals surface area contributed by atoms with Gasteiger partial charge in [0, 0.05) is 24.6 Å². The molecule has 0 radical (unpaired) electrons. The second-order valence-electron chi connectivity index (χ2n) is 5.95. The van der Waals surface area contributed by atoms with Crippen LogP contribution in [0.25, 0.3) is 0 Å². The molecule has 1 heterocycles. The summed E-state index contributed by atoms with van der Waals surface area (Å²) in [4.78, 5) is 22.6. The van der Waals surface area contributed by atoms with Crippen LogP contribution < -0.4 is 10.6 Å². The van der Waals surface area contributed by atoms with Gasteiger partial charge in [0.1, 0.15) is 0 Å². The van der Waals surface area contributed by atoms with Crippen molar-refractivity contribution in [1.29, 1.82) is 0 Å².